The first kappa shape index (κ1) is 12.7. The molecule has 102 valence electrons. The van der Waals surface area contributed by atoms with Gasteiger partial charge in [-0.2, -0.15) is 0 Å². The minimum atomic E-state index is -0.475. The number of nitrogens with one attached hydrogen (secondary N) is 1. The maximum Gasteiger partial charge on any atom is 0.228 e. The molecule has 3 rings (SSSR count). The van der Waals surface area contributed by atoms with Gasteiger partial charge in [0.05, 0.1) is 5.69 Å². The summed E-state index contributed by atoms with van der Waals surface area (Å²) in [5.41, 5.74) is 7.24. The van der Waals surface area contributed by atoms with Crippen LogP contribution in [0.25, 0.3) is 0 Å². The second-order valence-electron chi connectivity index (χ2n) is 5.08. The summed E-state index contributed by atoms with van der Waals surface area (Å²) >= 11 is 0. The van der Waals surface area contributed by atoms with E-state index in [2.05, 4.69) is 5.32 Å². The van der Waals surface area contributed by atoms with Crippen LogP contribution in [0.4, 0.5) is 15.8 Å². The highest BCUT2D eigenvalue weighted by Crippen LogP contribution is 2.47. The molecule has 1 aliphatic rings. The topological polar surface area (TPSA) is 55.1 Å². The second-order valence-corrected chi connectivity index (χ2v) is 5.08. The van der Waals surface area contributed by atoms with E-state index in [1.165, 1.54) is 23.8 Å². The summed E-state index contributed by atoms with van der Waals surface area (Å²) in [6.07, 6.45) is 0.854. The first-order valence-corrected chi connectivity index (χ1v) is 6.56. The Labute approximate surface area is 116 Å². The molecule has 2 aromatic carbocycles. The molecule has 0 aliphatic heterocycles. The van der Waals surface area contributed by atoms with E-state index in [4.69, 9.17) is 5.73 Å². The molecule has 0 aromatic heterocycles. The number of nitrogens with two attached hydrogens (primary N) is 1. The Bertz CT molecular complexity index is 642. The number of hydrogen-bond acceptors (Lipinski definition) is 2. The number of benzene rings is 2. The zero-order chi connectivity index (χ0) is 14.1. The van der Waals surface area contributed by atoms with Crippen LogP contribution in [-0.2, 0) is 4.79 Å². The number of anilines is 2. The third-order valence-electron chi connectivity index (χ3n) is 3.62. The number of halogens is 1. The summed E-state index contributed by atoms with van der Waals surface area (Å²) in [5.74, 6) is -0.237. The van der Waals surface area contributed by atoms with Crippen LogP contribution in [0.3, 0.4) is 0 Å². The van der Waals surface area contributed by atoms with E-state index < -0.39 is 5.82 Å². The Kier molecular flexibility index (Phi) is 3.14. The fourth-order valence-corrected chi connectivity index (χ4v) is 2.41. The predicted molar refractivity (Wildman–Crippen MR) is 76.7 cm³/mol. The molecule has 3 nitrogen and oxygen atoms in total. The van der Waals surface area contributed by atoms with Crippen LogP contribution in [0.1, 0.15) is 17.9 Å². The van der Waals surface area contributed by atoms with Crippen molar-refractivity contribution >= 4 is 17.3 Å². The number of carbonyl (C=O) groups excluding carboxylic acids is 1. The van der Waals surface area contributed by atoms with Gasteiger partial charge in [-0.15, -0.1) is 0 Å². The average Bonchev–Trinajstić information content (AvgIpc) is 3.24. The van der Waals surface area contributed by atoms with Gasteiger partial charge < -0.3 is 11.1 Å². The Balaban J connectivity index is 1.65. The zero-order valence-corrected chi connectivity index (χ0v) is 10.8. The smallest absolute Gasteiger partial charge is 0.228 e. The molecule has 2 unspecified atom stereocenters. The van der Waals surface area contributed by atoms with Crippen molar-refractivity contribution in [2.45, 2.75) is 12.3 Å². The number of hydrogen-bond donors (Lipinski definition) is 2. The molecule has 4 heteroatoms. The highest BCUT2D eigenvalue weighted by molar-refractivity contribution is 5.95. The maximum absolute atomic E-state index is 13.1. The van der Waals surface area contributed by atoms with Crippen molar-refractivity contribution in [1.29, 1.82) is 0 Å². The van der Waals surface area contributed by atoms with Gasteiger partial charge >= 0.3 is 0 Å². The lowest BCUT2D eigenvalue weighted by molar-refractivity contribution is -0.117. The lowest BCUT2D eigenvalue weighted by atomic mass is 10.1. The molecule has 1 saturated carbocycles. The SMILES string of the molecule is Nc1cc(NC(=O)C2CC2c2ccccc2)ccc1F. The molecule has 2 aromatic rings. The van der Waals surface area contributed by atoms with Gasteiger partial charge in [-0.05, 0) is 36.1 Å². The summed E-state index contributed by atoms with van der Waals surface area (Å²) in [4.78, 5) is 12.1. The average molecular weight is 270 g/mol. The van der Waals surface area contributed by atoms with E-state index in [0.717, 1.165) is 6.42 Å². The van der Waals surface area contributed by atoms with E-state index >= 15 is 0 Å². The summed E-state index contributed by atoms with van der Waals surface area (Å²) in [7, 11) is 0. The third kappa shape index (κ3) is 2.50. The highest BCUT2D eigenvalue weighted by atomic mass is 19.1. The van der Waals surface area contributed by atoms with E-state index in [9.17, 15) is 9.18 Å². The van der Waals surface area contributed by atoms with Crippen molar-refractivity contribution in [2.75, 3.05) is 11.1 Å². The van der Waals surface area contributed by atoms with Crippen molar-refractivity contribution in [2.24, 2.45) is 5.92 Å². The van der Waals surface area contributed by atoms with Crippen LogP contribution < -0.4 is 11.1 Å². The fourth-order valence-electron chi connectivity index (χ4n) is 2.41. The quantitative estimate of drug-likeness (QED) is 0.842. The van der Waals surface area contributed by atoms with Gasteiger partial charge in [0, 0.05) is 11.6 Å². The van der Waals surface area contributed by atoms with Gasteiger partial charge in [0.1, 0.15) is 5.82 Å². The van der Waals surface area contributed by atoms with Gasteiger partial charge in [-0.1, -0.05) is 30.3 Å². The van der Waals surface area contributed by atoms with Gasteiger partial charge in [0.2, 0.25) is 5.91 Å². The maximum atomic E-state index is 13.1. The molecular weight excluding hydrogens is 255 g/mol. The number of amides is 1. The van der Waals surface area contributed by atoms with Gasteiger partial charge in [0.15, 0.2) is 0 Å². The van der Waals surface area contributed by atoms with Crippen molar-refractivity contribution in [3.05, 3.63) is 59.9 Å². The van der Waals surface area contributed by atoms with Crippen molar-refractivity contribution in [3.8, 4) is 0 Å². The fraction of sp³-hybridized carbons (Fsp3) is 0.188. The molecule has 1 aliphatic carbocycles. The number of rotatable bonds is 3. The summed E-state index contributed by atoms with van der Waals surface area (Å²) in [5, 5.41) is 2.79. The van der Waals surface area contributed by atoms with Gasteiger partial charge in [-0.25, -0.2) is 4.39 Å². The molecule has 1 fully saturated rings. The molecule has 0 saturated heterocycles. The lowest BCUT2D eigenvalue weighted by Gasteiger charge is -2.06. The van der Waals surface area contributed by atoms with Crippen molar-refractivity contribution in [3.63, 3.8) is 0 Å². The van der Waals surface area contributed by atoms with E-state index in [0.29, 0.717) is 5.69 Å². The Hall–Kier alpha value is -2.36. The molecule has 20 heavy (non-hydrogen) atoms. The predicted octanol–water partition coefficient (Wildman–Crippen LogP) is 3.15. The van der Waals surface area contributed by atoms with Crippen LogP contribution in [0.5, 0.6) is 0 Å². The first-order valence-electron chi connectivity index (χ1n) is 6.56. The molecular formula is C16H15FN2O. The van der Waals surface area contributed by atoms with Gasteiger partial charge in [-0.3, -0.25) is 4.79 Å². The number of carbonyl (C=O) groups is 1. The second kappa shape index (κ2) is 4.96. The van der Waals surface area contributed by atoms with Gasteiger partial charge in [0.25, 0.3) is 0 Å². The largest absolute Gasteiger partial charge is 0.396 e. The Morgan fingerprint density at radius 3 is 2.65 bits per heavy atom. The van der Waals surface area contributed by atoms with E-state index in [1.807, 2.05) is 30.3 Å². The zero-order valence-electron chi connectivity index (χ0n) is 10.8. The molecule has 0 spiro atoms. The van der Waals surface area contributed by atoms with Crippen LogP contribution >= 0.6 is 0 Å². The Morgan fingerprint density at radius 2 is 1.95 bits per heavy atom. The molecule has 1 amide bonds. The molecule has 0 radical (unpaired) electrons. The monoisotopic (exact) mass is 270 g/mol. The van der Waals surface area contributed by atoms with E-state index in [1.54, 1.807) is 0 Å². The Morgan fingerprint density at radius 1 is 1.20 bits per heavy atom. The number of nitrogen functional groups attached to an aromatic ring is 1. The van der Waals surface area contributed by atoms with Crippen LogP contribution in [0.2, 0.25) is 0 Å². The minimum Gasteiger partial charge on any atom is -0.396 e. The first-order chi connectivity index (χ1) is 9.65. The van der Waals surface area contributed by atoms with Crippen molar-refractivity contribution < 1.29 is 9.18 Å². The summed E-state index contributed by atoms with van der Waals surface area (Å²) in [6.45, 7) is 0. The molecule has 0 heterocycles. The standard InChI is InChI=1S/C16H15FN2O/c17-14-7-6-11(8-15(14)18)19-16(20)13-9-12(13)10-4-2-1-3-5-10/h1-8,12-13H,9,18H2,(H,19,20). The molecule has 3 N–H and O–H groups in total. The summed E-state index contributed by atoms with van der Waals surface area (Å²) < 4.78 is 13.1. The van der Waals surface area contributed by atoms with Crippen molar-refractivity contribution in [1.82, 2.24) is 0 Å². The molecule has 2 atom stereocenters. The summed E-state index contributed by atoms with van der Waals surface area (Å²) in [6, 6.07) is 14.2. The molecule has 0 bridgehead atoms. The van der Waals surface area contributed by atoms with Crippen LogP contribution in [0, 0.1) is 11.7 Å². The van der Waals surface area contributed by atoms with Crippen LogP contribution in [0.15, 0.2) is 48.5 Å². The highest BCUT2D eigenvalue weighted by Gasteiger charge is 2.43. The van der Waals surface area contributed by atoms with Crippen LogP contribution in [-0.4, -0.2) is 5.91 Å². The van der Waals surface area contributed by atoms with E-state index in [-0.39, 0.29) is 23.4 Å². The lowest BCUT2D eigenvalue weighted by Crippen LogP contribution is -2.14. The minimum absolute atomic E-state index is 0.0105. The normalized spacial score (nSPS) is 20.4. The third-order valence-corrected chi connectivity index (χ3v) is 3.62.